The molecule has 0 aliphatic heterocycles. The Bertz CT molecular complexity index is 707. The van der Waals surface area contributed by atoms with Gasteiger partial charge < -0.3 is 9.47 Å². The quantitative estimate of drug-likeness (QED) is 0.593. The van der Waals surface area contributed by atoms with Crippen LogP contribution in [-0.4, -0.2) is 13.1 Å². The van der Waals surface area contributed by atoms with E-state index in [1.807, 2.05) is 0 Å². The van der Waals surface area contributed by atoms with E-state index in [9.17, 15) is 18.0 Å². The fraction of sp³-hybridized carbons (Fsp3) is 0.167. The van der Waals surface area contributed by atoms with Crippen LogP contribution in [0.2, 0.25) is 0 Å². The Balaban J connectivity index is 2.35. The van der Waals surface area contributed by atoms with E-state index >= 15 is 0 Å². The van der Waals surface area contributed by atoms with Crippen LogP contribution in [0.1, 0.15) is 17.2 Å². The van der Waals surface area contributed by atoms with Crippen LogP contribution in [-0.2, 0) is 15.7 Å². The van der Waals surface area contributed by atoms with Crippen molar-refractivity contribution in [1.29, 1.82) is 0 Å². The molecule has 6 heteroatoms. The summed E-state index contributed by atoms with van der Waals surface area (Å²) in [7, 11) is 1.19. The number of carbonyl (C=O) groups excluding carboxylic acids is 1. The Morgan fingerprint density at radius 1 is 1.04 bits per heavy atom. The number of rotatable bonds is 5. The van der Waals surface area contributed by atoms with Gasteiger partial charge in [-0.05, 0) is 29.8 Å². The van der Waals surface area contributed by atoms with Gasteiger partial charge >= 0.3 is 12.1 Å². The van der Waals surface area contributed by atoms with Crippen LogP contribution in [0.3, 0.4) is 0 Å². The highest BCUT2D eigenvalue weighted by Gasteiger charge is 2.31. The van der Waals surface area contributed by atoms with E-state index in [-0.39, 0.29) is 5.57 Å². The van der Waals surface area contributed by atoms with Crippen LogP contribution in [0.5, 0.6) is 5.75 Å². The molecule has 2 aromatic carbocycles. The maximum Gasteiger partial charge on any atom is 0.416 e. The number of hydrogen-bond donors (Lipinski definition) is 0. The maximum atomic E-state index is 12.7. The van der Waals surface area contributed by atoms with Gasteiger partial charge in [0.25, 0.3) is 0 Å². The van der Waals surface area contributed by atoms with Crippen molar-refractivity contribution < 1.29 is 27.4 Å². The maximum absolute atomic E-state index is 12.7. The summed E-state index contributed by atoms with van der Waals surface area (Å²) in [6, 6.07) is 13.0. The van der Waals surface area contributed by atoms with Gasteiger partial charge in [-0.3, -0.25) is 0 Å². The summed E-state index contributed by atoms with van der Waals surface area (Å²) < 4.78 is 48.4. The van der Waals surface area contributed by atoms with Crippen molar-refractivity contribution in [3.8, 4) is 5.75 Å². The zero-order chi connectivity index (χ0) is 17.7. The lowest BCUT2D eigenvalue weighted by molar-refractivity contribution is -0.138. The van der Waals surface area contributed by atoms with Crippen LogP contribution >= 0.6 is 0 Å². The topological polar surface area (TPSA) is 35.5 Å². The molecule has 0 bridgehead atoms. The van der Waals surface area contributed by atoms with E-state index < -0.39 is 23.8 Å². The highest BCUT2D eigenvalue weighted by molar-refractivity contribution is 5.89. The van der Waals surface area contributed by atoms with Gasteiger partial charge in [0, 0.05) is 0 Å². The van der Waals surface area contributed by atoms with Gasteiger partial charge in [-0.1, -0.05) is 36.9 Å². The molecule has 0 spiro atoms. The van der Waals surface area contributed by atoms with Crippen LogP contribution in [0.4, 0.5) is 13.2 Å². The van der Waals surface area contributed by atoms with Gasteiger partial charge in [0.05, 0.1) is 18.2 Å². The number of benzene rings is 2. The zero-order valence-electron chi connectivity index (χ0n) is 12.8. The molecular weight excluding hydrogens is 321 g/mol. The SMILES string of the molecule is C=C(C(=O)OC)C(Oc1ccccc1)c1ccc(C(F)(F)F)cc1. The molecule has 0 saturated heterocycles. The third-order valence-corrected chi connectivity index (χ3v) is 3.30. The average Bonchev–Trinajstić information content (AvgIpc) is 2.58. The van der Waals surface area contributed by atoms with Crippen LogP contribution in [0, 0.1) is 0 Å². The predicted molar refractivity (Wildman–Crippen MR) is 82.4 cm³/mol. The zero-order valence-corrected chi connectivity index (χ0v) is 12.8. The molecular formula is C18H15F3O3. The van der Waals surface area contributed by atoms with Gasteiger partial charge in [0.15, 0.2) is 6.10 Å². The van der Waals surface area contributed by atoms with Crippen molar-refractivity contribution in [1.82, 2.24) is 0 Å². The molecule has 0 heterocycles. The number of methoxy groups -OCH3 is 1. The summed E-state index contributed by atoms with van der Waals surface area (Å²) in [5, 5.41) is 0. The summed E-state index contributed by atoms with van der Waals surface area (Å²) in [6.07, 6.45) is -5.39. The third-order valence-electron chi connectivity index (χ3n) is 3.30. The molecule has 0 N–H and O–H groups in total. The highest BCUT2D eigenvalue weighted by atomic mass is 19.4. The first kappa shape index (κ1) is 17.6. The first-order valence-corrected chi connectivity index (χ1v) is 6.99. The van der Waals surface area contributed by atoms with Crippen molar-refractivity contribution in [2.24, 2.45) is 0 Å². The Hall–Kier alpha value is -2.76. The van der Waals surface area contributed by atoms with Crippen LogP contribution < -0.4 is 4.74 Å². The largest absolute Gasteiger partial charge is 0.481 e. The Labute approximate surface area is 137 Å². The Morgan fingerprint density at radius 2 is 1.62 bits per heavy atom. The number of hydrogen-bond acceptors (Lipinski definition) is 3. The van der Waals surface area contributed by atoms with E-state index in [2.05, 4.69) is 11.3 Å². The summed E-state index contributed by atoms with van der Waals surface area (Å²) in [4.78, 5) is 11.8. The number of para-hydroxylation sites is 1. The van der Waals surface area contributed by atoms with E-state index in [0.717, 1.165) is 12.1 Å². The molecule has 24 heavy (non-hydrogen) atoms. The van der Waals surface area contributed by atoms with Gasteiger partial charge in [-0.2, -0.15) is 13.2 Å². The normalized spacial score (nSPS) is 12.3. The minimum Gasteiger partial charge on any atom is -0.481 e. The summed E-state index contributed by atoms with van der Waals surface area (Å²) in [5.41, 5.74) is -0.434. The van der Waals surface area contributed by atoms with E-state index in [1.165, 1.54) is 19.2 Å². The minimum atomic E-state index is -4.44. The molecule has 1 atom stereocenters. The van der Waals surface area contributed by atoms with Crippen LogP contribution in [0.15, 0.2) is 66.7 Å². The number of halogens is 3. The first-order valence-electron chi connectivity index (χ1n) is 6.99. The molecule has 0 aromatic heterocycles. The van der Waals surface area contributed by atoms with Crippen molar-refractivity contribution in [3.63, 3.8) is 0 Å². The van der Waals surface area contributed by atoms with E-state index in [1.54, 1.807) is 30.3 Å². The van der Waals surface area contributed by atoms with E-state index in [4.69, 9.17) is 4.74 Å². The molecule has 0 aliphatic carbocycles. The standard InChI is InChI=1S/C18H15F3O3/c1-12(17(22)23-2)16(24-15-6-4-3-5-7-15)13-8-10-14(11-9-13)18(19,20)21/h3-11,16H,1H2,2H3. The summed E-state index contributed by atoms with van der Waals surface area (Å²) >= 11 is 0. The molecule has 2 rings (SSSR count). The second kappa shape index (κ2) is 7.21. The first-order chi connectivity index (χ1) is 11.3. The third kappa shape index (κ3) is 4.16. The fourth-order valence-electron chi connectivity index (χ4n) is 2.06. The van der Waals surface area contributed by atoms with Gasteiger partial charge in [-0.25, -0.2) is 4.79 Å². The Morgan fingerprint density at radius 3 is 2.12 bits per heavy atom. The lowest BCUT2D eigenvalue weighted by Crippen LogP contribution is -2.18. The number of carbonyl (C=O) groups is 1. The molecule has 0 fully saturated rings. The minimum absolute atomic E-state index is 0.0129. The second-order valence-corrected chi connectivity index (χ2v) is 4.95. The van der Waals surface area contributed by atoms with Crippen molar-refractivity contribution in [3.05, 3.63) is 77.9 Å². The number of esters is 1. The molecule has 3 nitrogen and oxygen atoms in total. The van der Waals surface area contributed by atoms with Crippen molar-refractivity contribution in [2.45, 2.75) is 12.3 Å². The van der Waals surface area contributed by atoms with E-state index in [0.29, 0.717) is 11.3 Å². The monoisotopic (exact) mass is 336 g/mol. The smallest absolute Gasteiger partial charge is 0.416 e. The fourth-order valence-corrected chi connectivity index (χ4v) is 2.06. The molecule has 126 valence electrons. The molecule has 0 aliphatic rings. The molecule has 0 saturated carbocycles. The van der Waals surface area contributed by atoms with Crippen molar-refractivity contribution >= 4 is 5.97 Å². The highest BCUT2D eigenvalue weighted by Crippen LogP contribution is 2.32. The number of ether oxygens (including phenoxy) is 2. The van der Waals surface area contributed by atoms with Gasteiger partial charge in [0.1, 0.15) is 5.75 Å². The second-order valence-electron chi connectivity index (χ2n) is 4.95. The molecule has 2 aromatic rings. The number of alkyl halides is 3. The molecule has 0 amide bonds. The lowest BCUT2D eigenvalue weighted by Gasteiger charge is -2.21. The molecule has 1 unspecified atom stereocenters. The van der Waals surface area contributed by atoms with Gasteiger partial charge in [-0.15, -0.1) is 0 Å². The summed E-state index contributed by atoms with van der Waals surface area (Å²) in [5.74, 6) is -0.247. The Kier molecular flexibility index (Phi) is 5.28. The van der Waals surface area contributed by atoms with Crippen molar-refractivity contribution in [2.75, 3.05) is 7.11 Å². The predicted octanol–water partition coefficient (Wildman–Crippen LogP) is 4.55. The molecule has 0 radical (unpaired) electrons. The lowest BCUT2D eigenvalue weighted by atomic mass is 10.0. The van der Waals surface area contributed by atoms with Crippen LogP contribution in [0.25, 0.3) is 0 Å². The average molecular weight is 336 g/mol. The van der Waals surface area contributed by atoms with Gasteiger partial charge in [0.2, 0.25) is 0 Å². The summed E-state index contributed by atoms with van der Waals surface area (Å²) in [6.45, 7) is 3.65.